The first-order valence-corrected chi connectivity index (χ1v) is 8.81. The molecule has 0 radical (unpaired) electrons. The van der Waals surface area contributed by atoms with Gasteiger partial charge in [0.25, 0.3) is 0 Å². The van der Waals surface area contributed by atoms with Crippen molar-refractivity contribution in [3.05, 3.63) is 96.1 Å². The molecule has 27 heavy (non-hydrogen) atoms. The van der Waals surface area contributed by atoms with Crippen molar-refractivity contribution < 1.29 is 14.3 Å². The van der Waals surface area contributed by atoms with Crippen LogP contribution in [0.1, 0.15) is 11.1 Å². The Bertz CT molecular complexity index is 875. The third kappa shape index (κ3) is 5.82. The minimum absolute atomic E-state index is 0.131. The molecule has 4 heteroatoms. The number of ether oxygens (including phenoxy) is 1. The zero-order valence-electron chi connectivity index (χ0n) is 14.9. The Morgan fingerprint density at radius 2 is 1.30 bits per heavy atom. The van der Waals surface area contributed by atoms with E-state index in [2.05, 4.69) is 5.32 Å². The van der Waals surface area contributed by atoms with Crippen molar-refractivity contribution in [2.24, 2.45) is 0 Å². The summed E-state index contributed by atoms with van der Waals surface area (Å²) >= 11 is 0. The van der Waals surface area contributed by atoms with Crippen LogP contribution in [0, 0.1) is 0 Å². The summed E-state index contributed by atoms with van der Waals surface area (Å²) in [7, 11) is 0. The molecule has 0 aliphatic rings. The zero-order valence-corrected chi connectivity index (χ0v) is 14.9. The number of esters is 1. The van der Waals surface area contributed by atoms with Crippen molar-refractivity contribution >= 4 is 11.9 Å². The second-order valence-corrected chi connectivity index (χ2v) is 6.16. The number of benzene rings is 3. The van der Waals surface area contributed by atoms with Gasteiger partial charge in [-0.25, -0.2) is 0 Å². The highest BCUT2D eigenvalue weighted by Crippen LogP contribution is 2.19. The van der Waals surface area contributed by atoms with E-state index in [-0.39, 0.29) is 25.5 Å². The molecule has 3 aromatic carbocycles. The molecule has 0 heterocycles. The summed E-state index contributed by atoms with van der Waals surface area (Å²) in [5, 5.41) is 2.60. The van der Waals surface area contributed by atoms with Crippen LogP contribution in [0.4, 0.5) is 0 Å². The second kappa shape index (κ2) is 9.34. The average molecular weight is 359 g/mol. The normalized spacial score (nSPS) is 10.2. The first kappa shape index (κ1) is 18.4. The van der Waals surface area contributed by atoms with Gasteiger partial charge >= 0.3 is 5.97 Å². The molecular formula is C23H21NO3. The van der Waals surface area contributed by atoms with E-state index in [1.54, 1.807) is 0 Å². The summed E-state index contributed by atoms with van der Waals surface area (Å²) in [6.45, 7) is 0.0737. The number of nitrogens with one attached hydrogen (secondary N) is 1. The van der Waals surface area contributed by atoms with Crippen LogP contribution in [-0.4, -0.2) is 18.4 Å². The Hall–Kier alpha value is -3.40. The van der Waals surface area contributed by atoms with Gasteiger partial charge in [-0.2, -0.15) is 0 Å². The van der Waals surface area contributed by atoms with Gasteiger partial charge in [0, 0.05) is 0 Å². The number of hydrogen-bond donors (Lipinski definition) is 1. The molecule has 0 aliphatic carbocycles. The van der Waals surface area contributed by atoms with Gasteiger partial charge in [-0.15, -0.1) is 0 Å². The maximum atomic E-state index is 12.0. The molecule has 0 unspecified atom stereocenters. The lowest BCUT2D eigenvalue weighted by molar-refractivity contribution is -0.145. The van der Waals surface area contributed by atoms with Crippen molar-refractivity contribution in [3.8, 4) is 11.1 Å². The van der Waals surface area contributed by atoms with E-state index in [1.165, 1.54) is 0 Å². The van der Waals surface area contributed by atoms with Gasteiger partial charge in [0.1, 0.15) is 13.2 Å². The third-order valence-corrected chi connectivity index (χ3v) is 4.10. The summed E-state index contributed by atoms with van der Waals surface area (Å²) in [5.41, 5.74) is 4.04. The maximum Gasteiger partial charge on any atom is 0.325 e. The molecule has 0 bridgehead atoms. The molecule has 4 nitrogen and oxygen atoms in total. The molecule has 0 aliphatic heterocycles. The number of amides is 1. The monoisotopic (exact) mass is 359 g/mol. The first-order chi connectivity index (χ1) is 13.2. The summed E-state index contributed by atoms with van der Waals surface area (Å²) in [5.74, 6) is -0.661. The standard InChI is InChI=1S/C23H21NO3/c25-22(24-16-23(26)27-17-19-7-3-1-4-8-19)15-18-11-13-21(14-12-18)20-9-5-2-6-10-20/h1-14H,15-17H2,(H,24,25). The van der Waals surface area contributed by atoms with Crippen molar-refractivity contribution in [1.29, 1.82) is 0 Å². The molecule has 3 aromatic rings. The van der Waals surface area contributed by atoms with Gasteiger partial charge in [-0.3, -0.25) is 9.59 Å². The molecule has 0 aromatic heterocycles. The predicted molar refractivity (Wildman–Crippen MR) is 105 cm³/mol. The van der Waals surface area contributed by atoms with Gasteiger partial charge in [0.05, 0.1) is 6.42 Å². The van der Waals surface area contributed by atoms with Gasteiger partial charge in [-0.1, -0.05) is 84.9 Å². The Kier molecular flexibility index (Phi) is 6.36. The van der Waals surface area contributed by atoms with Crippen molar-refractivity contribution in [1.82, 2.24) is 5.32 Å². The van der Waals surface area contributed by atoms with Crippen LogP contribution < -0.4 is 5.32 Å². The molecule has 0 spiro atoms. The van der Waals surface area contributed by atoms with E-state index in [0.717, 1.165) is 22.3 Å². The van der Waals surface area contributed by atoms with E-state index >= 15 is 0 Å². The van der Waals surface area contributed by atoms with E-state index in [4.69, 9.17) is 4.74 Å². The molecule has 1 N–H and O–H groups in total. The van der Waals surface area contributed by atoms with E-state index in [0.29, 0.717) is 0 Å². The van der Waals surface area contributed by atoms with E-state index in [1.807, 2.05) is 84.9 Å². The lowest BCUT2D eigenvalue weighted by atomic mass is 10.0. The van der Waals surface area contributed by atoms with Crippen LogP contribution >= 0.6 is 0 Å². The van der Waals surface area contributed by atoms with Gasteiger partial charge in [-0.05, 0) is 22.3 Å². The highest BCUT2D eigenvalue weighted by Gasteiger charge is 2.08. The summed E-state index contributed by atoms with van der Waals surface area (Å²) in [6, 6.07) is 27.3. The zero-order chi connectivity index (χ0) is 18.9. The molecule has 1 amide bonds. The van der Waals surface area contributed by atoms with Gasteiger partial charge in [0.2, 0.25) is 5.91 Å². The van der Waals surface area contributed by atoms with E-state index < -0.39 is 5.97 Å². The molecule has 136 valence electrons. The molecule has 0 atom stereocenters. The topological polar surface area (TPSA) is 55.4 Å². The van der Waals surface area contributed by atoms with Crippen molar-refractivity contribution in [2.75, 3.05) is 6.54 Å². The number of carbonyl (C=O) groups is 2. The number of rotatable bonds is 7. The van der Waals surface area contributed by atoms with E-state index in [9.17, 15) is 9.59 Å². The average Bonchev–Trinajstić information content (AvgIpc) is 2.73. The Labute approximate surface area is 158 Å². The summed E-state index contributed by atoms with van der Waals surface area (Å²) < 4.78 is 5.14. The smallest absolute Gasteiger partial charge is 0.325 e. The van der Waals surface area contributed by atoms with Crippen LogP contribution in [0.15, 0.2) is 84.9 Å². The highest BCUT2D eigenvalue weighted by atomic mass is 16.5. The largest absolute Gasteiger partial charge is 0.460 e. The van der Waals surface area contributed by atoms with Crippen molar-refractivity contribution in [3.63, 3.8) is 0 Å². The number of carbonyl (C=O) groups excluding carboxylic acids is 2. The molecule has 0 saturated carbocycles. The van der Waals surface area contributed by atoms with Gasteiger partial charge < -0.3 is 10.1 Å². The Balaban J connectivity index is 1.43. The lowest BCUT2D eigenvalue weighted by Crippen LogP contribution is -2.31. The van der Waals surface area contributed by atoms with Crippen LogP contribution in [0.5, 0.6) is 0 Å². The van der Waals surface area contributed by atoms with Gasteiger partial charge in [0.15, 0.2) is 0 Å². The lowest BCUT2D eigenvalue weighted by Gasteiger charge is -2.07. The third-order valence-electron chi connectivity index (χ3n) is 4.10. The second-order valence-electron chi connectivity index (χ2n) is 6.16. The van der Waals surface area contributed by atoms with Crippen LogP contribution in [0.2, 0.25) is 0 Å². The predicted octanol–water partition coefficient (Wildman–Crippen LogP) is 3.76. The minimum Gasteiger partial charge on any atom is -0.460 e. The fraction of sp³-hybridized carbons (Fsp3) is 0.130. The maximum absolute atomic E-state index is 12.0. The summed E-state index contributed by atoms with van der Waals surface area (Å²) in [6.07, 6.45) is 0.223. The van der Waals surface area contributed by atoms with Crippen LogP contribution in [0.3, 0.4) is 0 Å². The quantitative estimate of drug-likeness (QED) is 0.654. The molecule has 3 rings (SSSR count). The molecular weight excluding hydrogens is 338 g/mol. The van der Waals surface area contributed by atoms with Crippen molar-refractivity contribution in [2.45, 2.75) is 13.0 Å². The molecule has 0 saturated heterocycles. The SMILES string of the molecule is O=C(Cc1ccc(-c2ccccc2)cc1)NCC(=O)OCc1ccccc1. The Morgan fingerprint density at radius 1 is 0.704 bits per heavy atom. The fourth-order valence-electron chi connectivity index (χ4n) is 2.65. The minimum atomic E-state index is -0.452. The fourth-order valence-corrected chi connectivity index (χ4v) is 2.65. The summed E-state index contributed by atoms with van der Waals surface area (Å²) in [4.78, 5) is 23.8. The van der Waals surface area contributed by atoms with Crippen LogP contribution in [0.25, 0.3) is 11.1 Å². The Morgan fingerprint density at radius 3 is 1.96 bits per heavy atom. The first-order valence-electron chi connectivity index (χ1n) is 8.81. The van der Waals surface area contributed by atoms with Crippen LogP contribution in [-0.2, 0) is 27.4 Å². The highest BCUT2D eigenvalue weighted by molar-refractivity contribution is 5.83. The number of hydrogen-bond acceptors (Lipinski definition) is 3. The molecule has 0 fully saturated rings.